The van der Waals surface area contributed by atoms with Gasteiger partial charge < -0.3 is 5.11 Å². The van der Waals surface area contributed by atoms with Gasteiger partial charge >= 0.3 is 0 Å². The summed E-state index contributed by atoms with van der Waals surface area (Å²) in [6.45, 7) is 1.98. The summed E-state index contributed by atoms with van der Waals surface area (Å²) < 4.78 is 0. The normalized spacial score (nSPS) is 13.3. The van der Waals surface area contributed by atoms with Crippen molar-refractivity contribution in [1.82, 2.24) is 0 Å². The number of hydrogen-bond donors (Lipinski definition) is 1. The van der Waals surface area contributed by atoms with Gasteiger partial charge in [0.25, 0.3) is 0 Å². The van der Waals surface area contributed by atoms with Gasteiger partial charge in [-0.2, -0.15) is 0 Å². The van der Waals surface area contributed by atoms with Gasteiger partial charge in [-0.05, 0) is 36.4 Å². The number of alkyl halides is 2. The quantitative estimate of drug-likeness (QED) is 0.654. The van der Waals surface area contributed by atoms with Gasteiger partial charge in [-0.1, -0.05) is 6.07 Å². The van der Waals surface area contributed by atoms with Crippen molar-refractivity contribution in [2.75, 3.05) is 6.26 Å². The molecule has 0 bridgehead atoms. The largest absolute Gasteiger partial charge is 0.386 e. The smallest absolute Gasteiger partial charge is 0.137 e. The zero-order valence-corrected chi connectivity index (χ0v) is 10.3. The summed E-state index contributed by atoms with van der Waals surface area (Å²) in [6, 6.07) is 5.85. The molecule has 0 aromatic heterocycles. The van der Waals surface area contributed by atoms with Crippen molar-refractivity contribution in [2.24, 2.45) is 0 Å². The number of thioether (sulfide) groups is 1. The van der Waals surface area contributed by atoms with Crippen LogP contribution in [0.2, 0.25) is 0 Å². The van der Waals surface area contributed by atoms with E-state index in [4.69, 9.17) is 23.2 Å². The van der Waals surface area contributed by atoms with Crippen LogP contribution in [-0.2, 0) is 0 Å². The Morgan fingerprint density at radius 2 is 1.93 bits per heavy atom. The molecule has 1 N–H and O–H groups in total. The second-order valence-corrected chi connectivity index (χ2v) is 5.11. The number of aryl methyl sites for hydroxylation is 1. The third-order valence-corrected chi connectivity index (χ3v) is 3.07. The van der Waals surface area contributed by atoms with E-state index < -0.39 is 10.9 Å². The Morgan fingerprint density at radius 3 is 2.43 bits per heavy atom. The van der Waals surface area contributed by atoms with Crippen molar-refractivity contribution < 1.29 is 5.11 Å². The second kappa shape index (κ2) is 5.26. The monoisotopic (exact) mass is 250 g/mol. The Labute approximate surface area is 98.4 Å². The molecule has 4 heteroatoms. The molecule has 0 spiro atoms. The van der Waals surface area contributed by atoms with Crippen LogP contribution >= 0.6 is 35.0 Å². The molecule has 0 aliphatic heterocycles. The Bertz CT molecular complexity index is 315. The lowest BCUT2D eigenvalue weighted by Gasteiger charge is -2.13. The van der Waals surface area contributed by atoms with Gasteiger partial charge in [0.05, 0.1) is 0 Å². The van der Waals surface area contributed by atoms with E-state index in [1.165, 1.54) is 0 Å². The Morgan fingerprint density at radius 1 is 1.29 bits per heavy atom. The minimum atomic E-state index is -0.816. The first-order valence-corrected chi connectivity index (χ1v) is 6.26. The third-order valence-electron chi connectivity index (χ3n) is 1.89. The van der Waals surface area contributed by atoms with E-state index in [2.05, 4.69) is 6.07 Å². The maximum atomic E-state index is 9.67. The number of halogens is 2. The number of rotatable bonds is 3. The molecule has 1 unspecified atom stereocenters. The molecule has 0 saturated carbocycles. The van der Waals surface area contributed by atoms with Gasteiger partial charge in [0.15, 0.2) is 0 Å². The maximum Gasteiger partial charge on any atom is 0.137 e. The van der Waals surface area contributed by atoms with Crippen LogP contribution in [0.5, 0.6) is 0 Å². The van der Waals surface area contributed by atoms with Crippen LogP contribution in [0.3, 0.4) is 0 Å². The van der Waals surface area contributed by atoms with Crippen LogP contribution in [0.15, 0.2) is 23.1 Å². The van der Waals surface area contributed by atoms with Crippen LogP contribution in [0.25, 0.3) is 0 Å². The molecule has 0 fully saturated rings. The lowest BCUT2D eigenvalue weighted by molar-refractivity contribution is 0.192. The first-order chi connectivity index (χ1) is 6.54. The zero-order chi connectivity index (χ0) is 10.7. The molecule has 14 heavy (non-hydrogen) atoms. The highest BCUT2D eigenvalue weighted by Crippen LogP contribution is 2.28. The molecule has 0 heterocycles. The zero-order valence-electron chi connectivity index (χ0n) is 8.00. The molecule has 0 radical (unpaired) electrons. The van der Waals surface area contributed by atoms with E-state index in [-0.39, 0.29) is 0 Å². The van der Waals surface area contributed by atoms with Crippen LogP contribution < -0.4 is 0 Å². The molecular formula is C10H12Cl2OS. The standard InChI is InChI=1S/C10H12Cl2OS/c1-6-3-7(9(13)10(11)12)5-8(4-6)14-2/h3-5,9-10,13H,1-2H3. The predicted octanol–water partition coefficient (Wildman–Crippen LogP) is 3.55. The molecule has 1 nitrogen and oxygen atoms in total. The van der Waals surface area contributed by atoms with Gasteiger partial charge in [-0.25, -0.2) is 0 Å². The summed E-state index contributed by atoms with van der Waals surface area (Å²) in [4.78, 5) is 0.319. The lowest BCUT2D eigenvalue weighted by atomic mass is 10.1. The van der Waals surface area contributed by atoms with Crippen LogP contribution in [0, 0.1) is 6.92 Å². The number of aliphatic hydroxyl groups is 1. The highest BCUT2D eigenvalue weighted by molar-refractivity contribution is 7.98. The second-order valence-electron chi connectivity index (χ2n) is 3.06. The van der Waals surface area contributed by atoms with Crippen molar-refractivity contribution in [3.63, 3.8) is 0 Å². The Hall–Kier alpha value is 0.110. The van der Waals surface area contributed by atoms with Gasteiger partial charge in [-0.15, -0.1) is 35.0 Å². The average Bonchev–Trinajstić information content (AvgIpc) is 2.15. The molecule has 1 aromatic rings. The summed E-state index contributed by atoms with van der Waals surface area (Å²) in [5, 5.41) is 9.67. The summed E-state index contributed by atoms with van der Waals surface area (Å²) >= 11 is 12.9. The fraction of sp³-hybridized carbons (Fsp3) is 0.400. The Kier molecular flexibility index (Phi) is 4.58. The summed E-state index contributed by atoms with van der Waals surface area (Å²) in [5.41, 5.74) is 1.87. The maximum absolute atomic E-state index is 9.67. The molecule has 78 valence electrons. The molecular weight excluding hydrogens is 239 g/mol. The fourth-order valence-corrected chi connectivity index (χ4v) is 2.06. The minimum absolute atomic E-state index is 0.768. The summed E-state index contributed by atoms with van der Waals surface area (Å²) in [6.07, 6.45) is 1.17. The van der Waals surface area contributed by atoms with Crippen molar-refractivity contribution in [1.29, 1.82) is 0 Å². The van der Waals surface area contributed by atoms with E-state index in [0.717, 1.165) is 16.0 Å². The van der Waals surface area contributed by atoms with E-state index >= 15 is 0 Å². The third kappa shape index (κ3) is 3.06. The van der Waals surface area contributed by atoms with Gasteiger partial charge in [0, 0.05) is 4.90 Å². The SMILES string of the molecule is CSc1cc(C)cc(C(O)C(Cl)Cl)c1. The molecule has 1 rings (SSSR count). The molecule has 0 saturated heterocycles. The summed E-state index contributed by atoms with van der Waals surface area (Å²) in [7, 11) is 0. The van der Waals surface area contributed by atoms with Crippen LogP contribution in [0.4, 0.5) is 0 Å². The highest BCUT2D eigenvalue weighted by atomic mass is 35.5. The molecule has 0 aliphatic rings. The van der Waals surface area contributed by atoms with Crippen molar-refractivity contribution in [3.05, 3.63) is 29.3 Å². The van der Waals surface area contributed by atoms with Crippen molar-refractivity contribution in [2.45, 2.75) is 22.8 Å². The summed E-state index contributed by atoms with van der Waals surface area (Å²) in [5.74, 6) is 0. The van der Waals surface area contributed by atoms with Crippen molar-refractivity contribution in [3.8, 4) is 0 Å². The van der Waals surface area contributed by atoms with Gasteiger partial charge in [-0.3, -0.25) is 0 Å². The topological polar surface area (TPSA) is 20.2 Å². The molecule has 1 atom stereocenters. The molecule has 0 amide bonds. The first kappa shape index (κ1) is 12.2. The van der Waals surface area contributed by atoms with Gasteiger partial charge in [0.1, 0.15) is 10.9 Å². The highest BCUT2D eigenvalue weighted by Gasteiger charge is 2.16. The van der Waals surface area contributed by atoms with Crippen LogP contribution in [0.1, 0.15) is 17.2 Å². The minimum Gasteiger partial charge on any atom is -0.386 e. The van der Waals surface area contributed by atoms with Gasteiger partial charge in [0.2, 0.25) is 0 Å². The first-order valence-electron chi connectivity index (χ1n) is 4.16. The number of benzene rings is 1. The molecule has 0 aliphatic carbocycles. The number of aliphatic hydroxyl groups excluding tert-OH is 1. The Balaban J connectivity index is 3.02. The number of hydrogen-bond acceptors (Lipinski definition) is 2. The van der Waals surface area contributed by atoms with Crippen molar-refractivity contribution >= 4 is 35.0 Å². The van der Waals surface area contributed by atoms with E-state index in [1.807, 2.05) is 25.3 Å². The lowest BCUT2D eigenvalue weighted by Crippen LogP contribution is -2.06. The molecule has 1 aromatic carbocycles. The van der Waals surface area contributed by atoms with E-state index in [1.54, 1.807) is 11.8 Å². The average molecular weight is 251 g/mol. The van der Waals surface area contributed by atoms with E-state index in [9.17, 15) is 5.11 Å². The van der Waals surface area contributed by atoms with E-state index in [0.29, 0.717) is 0 Å². The fourth-order valence-electron chi connectivity index (χ4n) is 1.21. The van der Waals surface area contributed by atoms with Crippen LogP contribution in [-0.4, -0.2) is 16.2 Å². The predicted molar refractivity (Wildman–Crippen MR) is 63.4 cm³/mol.